The van der Waals surface area contributed by atoms with Gasteiger partial charge in [-0.3, -0.25) is 4.79 Å². The van der Waals surface area contributed by atoms with Gasteiger partial charge in [-0.1, -0.05) is 96.3 Å². The Kier molecular flexibility index (Phi) is 26.2. The Morgan fingerprint density at radius 3 is 1.65 bits per heavy atom. The van der Waals surface area contributed by atoms with E-state index in [1.165, 1.54) is 51.4 Å². The highest BCUT2D eigenvalue weighted by Crippen LogP contribution is 2.25. The van der Waals surface area contributed by atoms with Crippen LogP contribution >= 0.6 is 0 Å². The average molecular weight is 749 g/mol. The summed E-state index contributed by atoms with van der Waals surface area (Å²) >= 11 is 0. The van der Waals surface area contributed by atoms with Crippen molar-refractivity contribution in [3.63, 3.8) is 0 Å². The molecule has 1 heterocycles. The number of amides is 1. The van der Waals surface area contributed by atoms with Gasteiger partial charge in [0.1, 0.15) is 35.8 Å². The van der Waals surface area contributed by atoms with Gasteiger partial charge in [-0.2, -0.15) is 0 Å². The van der Waals surface area contributed by atoms with Crippen molar-refractivity contribution in [3.8, 4) is 0 Å². The van der Waals surface area contributed by atoms with Crippen molar-refractivity contribution in [2.75, 3.05) is 13.2 Å². The molecular formula is C39H76N2O11. The van der Waals surface area contributed by atoms with Crippen molar-refractivity contribution >= 4 is 11.9 Å². The third-order valence-electron chi connectivity index (χ3n) is 9.82. The quantitative estimate of drug-likeness (QED) is 0.0475. The smallest absolute Gasteiger partial charge is 0.407 e. The Labute approximate surface area is 313 Å². The van der Waals surface area contributed by atoms with Crippen LogP contribution in [-0.4, -0.2) is 116 Å². The third kappa shape index (κ3) is 22.1. The number of hydrogen-bond donors (Lipinski definition) is 8. The molecule has 1 aliphatic rings. The molecule has 0 aromatic carbocycles. The van der Waals surface area contributed by atoms with E-state index in [1.54, 1.807) is 6.92 Å². The maximum Gasteiger partial charge on any atom is 0.407 e. The summed E-state index contributed by atoms with van der Waals surface area (Å²) in [5.74, 6) is 0.336. The molecule has 308 valence electrons. The second-order valence-corrected chi connectivity index (χ2v) is 15.8. The molecule has 1 rings (SSSR count). The lowest BCUT2D eigenvalue weighted by Gasteiger charge is -2.41. The maximum absolute atomic E-state index is 12.3. The van der Waals surface area contributed by atoms with Gasteiger partial charge in [0, 0.05) is 12.8 Å². The molecule has 4 unspecified atom stereocenters. The average Bonchev–Trinajstić information content (AvgIpc) is 3.09. The zero-order valence-corrected chi connectivity index (χ0v) is 32.8. The van der Waals surface area contributed by atoms with Gasteiger partial charge in [0.05, 0.1) is 37.5 Å². The molecule has 52 heavy (non-hydrogen) atoms. The summed E-state index contributed by atoms with van der Waals surface area (Å²) in [5.41, 5.74) is 5.46. The van der Waals surface area contributed by atoms with Crippen molar-refractivity contribution in [2.24, 2.45) is 5.73 Å². The van der Waals surface area contributed by atoms with E-state index in [1.807, 2.05) is 20.8 Å². The van der Waals surface area contributed by atoms with E-state index in [4.69, 9.17) is 19.9 Å². The van der Waals surface area contributed by atoms with Crippen LogP contribution in [0.5, 0.6) is 0 Å². The fourth-order valence-corrected chi connectivity index (χ4v) is 6.46. The van der Waals surface area contributed by atoms with Crippen molar-refractivity contribution < 1.29 is 54.4 Å². The number of Topliss-reactive ketones (excluding diaryl/α,β-unsaturated/α-hetero) is 1. The Bertz CT molecular complexity index is 919. The van der Waals surface area contributed by atoms with Crippen LogP contribution in [0.15, 0.2) is 0 Å². The van der Waals surface area contributed by atoms with E-state index in [9.17, 15) is 40.2 Å². The standard InChI is InChI=1S/C39H76N2O11/c1-28(41-38(49)52-39(2,3)4)31(45)24-20-16-12-10-8-6-5-7-9-11-14-18-22-29(44)23-19-15-13-17-21-25-32(30(40)26-42)50-37-36(48)35(47)34(46)33(27-43)51-37/h28,30-37,42-43,45-48H,5-27,40H2,1-4H3,(H,41,49)/t28?,30?,31?,32?,33-,34-,35+,36-,37-/m1/s1. The molecule has 0 saturated carbocycles. The number of carbonyl (C=O) groups is 2. The van der Waals surface area contributed by atoms with Crippen LogP contribution in [0.1, 0.15) is 163 Å². The predicted octanol–water partition coefficient (Wildman–Crippen LogP) is 4.53. The number of nitrogens with two attached hydrogens (primary N) is 1. The predicted molar refractivity (Wildman–Crippen MR) is 201 cm³/mol. The lowest BCUT2D eigenvalue weighted by atomic mass is 9.98. The Morgan fingerprint density at radius 1 is 0.731 bits per heavy atom. The molecule has 13 nitrogen and oxygen atoms in total. The molecule has 1 fully saturated rings. The van der Waals surface area contributed by atoms with Crippen LogP contribution in [0, 0.1) is 0 Å². The van der Waals surface area contributed by atoms with E-state index < -0.39 is 67.3 Å². The lowest BCUT2D eigenvalue weighted by Crippen LogP contribution is -2.60. The fraction of sp³-hybridized carbons (Fsp3) is 0.949. The summed E-state index contributed by atoms with van der Waals surface area (Å²) in [6.45, 7) is 6.36. The van der Waals surface area contributed by atoms with Gasteiger partial charge >= 0.3 is 6.09 Å². The first-order chi connectivity index (χ1) is 24.7. The lowest BCUT2D eigenvalue weighted by molar-refractivity contribution is -0.313. The number of hydrogen-bond acceptors (Lipinski definition) is 12. The van der Waals surface area contributed by atoms with E-state index in [-0.39, 0.29) is 12.6 Å². The van der Waals surface area contributed by atoms with Gasteiger partial charge in [0.2, 0.25) is 0 Å². The molecule has 0 aromatic rings. The third-order valence-corrected chi connectivity index (χ3v) is 9.82. The van der Waals surface area contributed by atoms with E-state index in [2.05, 4.69) is 5.32 Å². The molecule has 0 bridgehead atoms. The number of aliphatic hydroxyl groups excluding tert-OH is 6. The molecule has 9 atom stereocenters. The van der Waals surface area contributed by atoms with Crippen LogP contribution in [-0.2, 0) is 19.0 Å². The normalized spacial score (nSPS) is 23.2. The number of unbranched alkanes of at least 4 members (excludes halogenated alkanes) is 15. The van der Waals surface area contributed by atoms with Crippen LogP contribution in [0.2, 0.25) is 0 Å². The van der Waals surface area contributed by atoms with E-state index in [0.29, 0.717) is 31.5 Å². The number of alkyl carbamates (subject to hydrolysis) is 1. The van der Waals surface area contributed by atoms with Gasteiger partial charge in [0.25, 0.3) is 0 Å². The number of aliphatic hydroxyl groups is 6. The van der Waals surface area contributed by atoms with Crippen LogP contribution in [0.3, 0.4) is 0 Å². The fourth-order valence-electron chi connectivity index (χ4n) is 6.46. The van der Waals surface area contributed by atoms with Crippen LogP contribution in [0.4, 0.5) is 4.79 Å². The maximum atomic E-state index is 12.3. The second kappa shape index (κ2) is 28.1. The van der Waals surface area contributed by atoms with Crippen molar-refractivity contribution in [2.45, 2.75) is 223 Å². The summed E-state index contributed by atoms with van der Waals surface area (Å²) in [6, 6.07) is -1.06. The van der Waals surface area contributed by atoms with Gasteiger partial charge in [-0.15, -0.1) is 0 Å². The highest BCUT2D eigenvalue weighted by Gasteiger charge is 2.45. The van der Waals surface area contributed by atoms with Gasteiger partial charge in [-0.05, 0) is 53.4 Å². The SMILES string of the molecule is CC(NC(=O)OC(C)(C)C)C(O)CCCCCCCCCCCCCCC(=O)CCCCCCCC(O[C@@H]1O[C@H](CO)[C@@H](O)[C@H](O)[C@H]1O)C(N)CO. The minimum atomic E-state index is -1.54. The van der Waals surface area contributed by atoms with Crippen molar-refractivity contribution in [1.82, 2.24) is 5.32 Å². The minimum Gasteiger partial charge on any atom is -0.444 e. The Balaban J connectivity index is 1.98. The van der Waals surface area contributed by atoms with Gasteiger partial charge in [0.15, 0.2) is 6.29 Å². The number of ether oxygens (including phenoxy) is 3. The molecule has 0 aliphatic carbocycles. The Hall–Kier alpha value is -1.42. The highest BCUT2D eigenvalue weighted by molar-refractivity contribution is 5.78. The summed E-state index contributed by atoms with van der Waals surface area (Å²) < 4.78 is 16.5. The number of rotatable bonds is 30. The van der Waals surface area contributed by atoms with E-state index >= 15 is 0 Å². The largest absolute Gasteiger partial charge is 0.444 e. The zero-order chi connectivity index (χ0) is 38.9. The zero-order valence-electron chi connectivity index (χ0n) is 32.8. The molecule has 9 N–H and O–H groups in total. The molecule has 1 aliphatic heterocycles. The minimum absolute atomic E-state index is 0.333. The monoisotopic (exact) mass is 749 g/mol. The van der Waals surface area contributed by atoms with Crippen molar-refractivity contribution in [3.05, 3.63) is 0 Å². The first-order valence-corrected chi connectivity index (χ1v) is 20.2. The topological polar surface area (TPSA) is 221 Å². The first kappa shape index (κ1) is 48.6. The van der Waals surface area contributed by atoms with Gasteiger partial charge < -0.3 is 55.9 Å². The summed E-state index contributed by atoms with van der Waals surface area (Å²) in [5, 5.41) is 62.2. The molecule has 1 amide bonds. The van der Waals surface area contributed by atoms with Gasteiger partial charge in [-0.25, -0.2) is 4.79 Å². The molecular weight excluding hydrogens is 672 g/mol. The second-order valence-electron chi connectivity index (χ2n) is 15.8. The molecule has 13 heteroatoms. The summed E-state index contributed by atoms with van der Waals surface area (Å²) in [7, 11) is 0. The number of nitrogens with one attached hydrogen (secondary N) is 1. The summed E-state index contributed by atoms with van der Waals surface area (Å²) in [6.07, 6.45) is 12.2. The van der Waals surface area contributed by atoms with Crippen LogP contribution in [0.25, 0.3) is 0 Å². The molecule has 0 aromatic heterocycles. The highest BCUT2D eigenvalue weighted by atomic mass is 16.7. The van der Waals surface area contributed by atoms with Crippen molar-refractivity contribution in [1.29, 1.82) is 0 Å². The number of ketones is 1. The Morgan fingerprint density at radius 2 is 1.19 bits per heavy atom. The molecule has 0 spiro atoms. The first-order valence-electron chi connectivity index (χ1n) is 20.2. The van der Waals surface area contributed by atoms with E-state index in [0.717, 1.165) is 57.8 Å². The number of carbonyl (C=O) groups excluding carboxylic acids is 2. The molecule has 1 saturated heterocycles. The van der Waals surface area contributed by atoms with Crippen LogP contribution < -0.4 is 11.1 Å². The molecule has 0 radical (unpaired) electrons. The summed E-state index contributed by atoms with van der Waals surface area (Å²) in [4.78, 5) is 24.2.